The van der Waals surface area contributed by atoms with Gasteiger partial charge in [0, 0.05) is 28.3 Å². The first-order chi connectivity index (χ1) is 13.2. The number of nitrogens with one attached hydrogen (secondary N) is 3. The summed E-state index contributed by atoms with van der Waals surface area (Å²) in [4.78, 5) is 15.6. The lowest BCUT2D eigenvalue weighted by Gasteiger charge is -2.16. The number of benzene rings is 3. The van der Waals surface area contributed by atoms with Gasteiger partial charge in [-0.05, 0) is 48.9 Å². The number of aromatic nitrogens is 1. The predicted octanol–water partition coefficient (Wildman–Crippen LogP) is 5.59. The first kappa shape index (κ1) is 16.9. The zero-order chi connectivity index (χ0) is 18.6. The van der Waals surface area contributed by atoms with Crippen LogP contribution in [0.15, 0.2) is 84.9 Å². The van der Waals surface area contributed by atoms with Crippen molar-refractivity contribution in [3.8, 4) is 0 Å². The second kappa shape index (κ2) is 7.38. The van der Waals surface area contributed by atoms with Crippen LogP contribution in [0.4, 0.5) is 11.4 Å². The zero-order valence-corrected chi connectivity index (χ0v) is 15.1. The van der Waals surface area contributed by atoms with Gasteiger partial charge in [0.15, 0.2) is 0 Å². The maximum atomic E-state index is 12.5. The fraction of sp³-hybridized carbons (Fsp3) is 0.0870. The summed E-state index contributed by atoms with van der Waals surface area (Å²) in [6.07, 6.45) is 0. The molecule has 1 aromatic heterocycles. The summed E-state index contributed by atoms with van der Waals surface area (Å²) in [5.74, 6) is -0.149. The standard InChI is InChI=1S/C23H21N3O/c1-16(17-7-3-2-4-8-17)24-19-11-13-20(14-12-19)25-23(27)22-15-18-9-5-6-10-21(18)26-22/h2-16,24,26H,1H3,(H,25,27). The van der Waals surface area contributed by atoms with E-state index < -0.39 is 0 Å². The van der Waals surface area contributed by atoms with Gasteiger partial charge < -0.3 is 15.6 Å². The van der Waals surface area contributed by atoms with Gasteiger partial charge in [0.05, 0.1) is 0 Å². The van der Waals surface area contributed by atoms with Crippen molar-refractivity contribution in [1.82, 2.24) is 4.98 Å². The van der Waals surface area contributed by atoms with Gasteiger partial charge in [0.1, 0.15) is 5.69 Å². The summed E-state index contributed by atoms with van der Waals surface area (Å²) in [6.45, 7) is 2.13. The first-order valence-electron chi connectivity index (χ1n) is 9.00. The second-order valence-corrected chi connectivity index (χ2v) is 6.58. The maximum Gasteiger partial charge on any atom is 0.272 e. The van der Waals surface area contributed by atoms with Crippen molar-refractivity contribution in [3.05, 3.63) is 96.2 Å². The summed E-state index contributed by atoms with van der Waals surface area (Å²) in [6, 6.07) is 28.0. The lowest BCUT2D eigenvalue weighted by molar-refractivity contribution is 0.102. The minimum Gasteiger partial charge on any atom is -0.379 e. The van der Waals surface area contributed by atoms with Crippen LogP contribution < -0.4 is 10.6 Å². The number of para-hydroxylation sites is 1. The third-order valence-electron chi connectivity index (χ3n) is 4.60. The molecule has 134 valence electrons. The topological polar surface area (TPSA) is 56.9 Å². The molecule has 0 aliphatic rings. The minimum atomic E-state index is -0.149. The molecule has 4 aromatic rings. The highest BCUT2D eigenvalue weighted by Crippen LogP contribution is 2.21. The van der Waals surface area contributed by atoms with Gasteiger partial charge in [-0.15, -0.1) is 0 Å². The van der Waals surface area contributed by atoms with Crippen LogP contribution >= 0.6 is 0 Å². The van der Waals surface area contributed by atoms with Crippen molar-refractivity contribution >= 4 is 28.2 Å². The Morgan fingerprint density at radius 3 is 2.26 bits per heavy atom. The van der Waals surface area contributed by atoms with E-state index in [1.54, 1.807) is 0 Å². The molecular weight excluding hydrogens is 334 g/mol. The third kappa shape index (κ3) is 3.85. The van der Waals surface area contributed by atoms with E-state index in [0.717, 1.165) is 22.3 Å². The van der Waals surface area contributed by atoms with Gasteiger partial charge in [-0.25, -0.2) is 0 Å². The number of fused-ring (bicyclic) bond motifs is 1. The van der Waals surface area contributed by atoms with E-state index >= 15 is 0 Å². The van der Waals surface area contributed by atoms with Crippen molar-refractivity contribution in [2.24, 2.45) is 0 Å². The largest absolute Gasteiger partial charge is 0.379 e. The Kier molecular flexibility index (Phi) is 4.62. The van der Waals surface area contributed by atoms with Crippen LogP contribution in [-0.4, -0.2) is 10.9 Å². The van der Waals surface area contributed by atoms with E-state index in [9.17, 15) is 4.79 Å². The normalized spacial score (nSPS) is 11.9. The number of carbonyl (C=O) groups excluding carboxylic acids is 1. The monoisotopic (exact) mass is 355 g/mol. The number of hydrogen-bond donors (Lipinski definition) is 3. The zero-order valence-electron chi connectivity index (χ0n) is 15.1. The number of anilines is 2. The number of carbonyl (C=O) groups is 1. The highest BCUT2D eigenvalue weighted by molar-refractivity contribution is 6.05. The molecule has 0 aliphatic heterocycles. The molecule has 3 N–H and O–H groups in total. The van der Waals surface area contributed by atoms with E-state index in [0.29, 0.717) is 5.69 Å². The molecule has 0 fully saturated rings. The first-order valence-corrected chi connectivity index (χ1v) is 9.00. The Hall–Kier alpha value is -3.53. The summed E-state index contributed by atoms with van der Waals surface area (Å²) < 4.78 is 0. The molecule has 1 unspecified atom stereocenters. The molecular formula is C23H21N3O. The van der Waals surface area contributed by atoms with Crippen LogP contribution in [0.5, 0.6) is 0 Å². The quantitative estimate of drug-likeness (QED) is 0.437. The van der Waals surface area contributed by atoms with E-state index in [-0.39, 0.29) is 11.9 Å². The predicted molar refractivity (Wildman–Crippen MR) is 111 cm³/mol. The molecule has 0 bridgehead atoms. The van der Waals surface area contributed by atoms with E-state index in [2.05, 4.69) is 34.7 Å². The fourth-order valence-electron chi connectivity index (χ4n) is 3.12. The number of hydrogen-bond acceptors (Lipinski definition) is 2. The van der Waals surface area contributed by atoms with E-state index in [1.165, 1.54) is 5.56 Å². The van der Waals surface area contributed by atoms with Crippen LogP contribution in [-0.2, 0) is 0 Å². The number of rotatable bonds is 5. The molecule has 1 heterocycles. The van der Waals surface area contributed by atoms with Crippen molar-refractivity contribution in [1.29, 1.82) is 0 Å². The fourth-order valence-corrected chi connectivity index (χ4v) is 3.12. The molecule has 4 rings (SSSR count). The average molecular weight is 355 g/mol. The Morgan fingerprint density at radius 2 is 1.52 bits per heavy atom. The van der Waals surface area contributed by atoms with E-state index in [4.69, 9.17) is 0 Å². The Labute approximate surface area is 158 Å². The highest BCUT2D eigenvalue weighted by atomic mass is 16.1. The van der Waals surface area contributed by atoms with Gasteiger partial charge in [0.25, 0.3) is 5.91 Å². The van der Waals surface area contributed by atoms with E-state index in [1.807, 2.05) is 72.8 Å². The van der Waals surface area contributed by atoms with Crippen LogP contribution in [0.1, 0.15) is 29.0 Å². The van der Waals surface area contributed by atoms with Crippen molar-refractivity contribution in [2.75, 3.05) is 10.6 Å². The minimum absolute atomic E-state index is 0.149. The molecule has 1 atom stereocenters. The molecule has 4 heteroatoms. The highest BCUT2D eigenvalue weighted by Gasteiger charge is 2.10. The Morgan fingerprint density at radius 1 is 0.852 bits per heavy atom. The summed E-state index contributed by atoms with van der Waals surface area (Å²) in [7, 11) is 0. The lowest BCUT2D eigenvalue weighted by Crippen LogP contribution is -2.12. The maximum absolute atomic E-state index is 12.5. The molecule has 4 nitrogen and oxygen atoms in total. The molecule has 0 aliphatic carbocycles. The molecule has 3 aromatic carbocycles. The van der Waals surface area contributed by atoms with Gasteiger partial charge >= 0.3 is 0 Å². The molecule has 0 saturated heterocycles. The smallest absolute Gasteiger partial charge is 0.272 e. The molecule has 1 amide bonds. The molecule has 0 radical (unpaired) electrons. The average Bonchev–Trinajstić information content (AvgIpc) is 3.14. The van der Waals surface area contributed by atoms with Crippen LogP contribution in [0, 0.1) is 0 Å². The lowest BCUT2D eigenvalue weighted by atomic mass is 10.1. The third-order valence-corrected chi connectivity index (χ3v) is 4.60. The Bertz CT molecular complexity index is 1020. The second-order valence-electron chi connectivity index (χ2n) is 6.58. The van der Waals surface area contributed by atoms with Gasteiger partial charge in [0.2, 0.25) is 0 Å². The van der Waals surface area contributed by atoms with Crippen molar-refractivity contribution < 1.29 is 4.79 Å². The summed E-state index contributed by atoms with van der Waals surface area (Å²) in [5, 5.41) is 7.43. The summed E-state index contributed by atoms with van der Waals surface area (Å²) >= 11 is 0. The van der Waals surface area contributed by atoms with Gasteiger partial charge in [-0.3, -0.25) is 4.79 Å². The number of amides is 1. The van der Waals surface area contributed by atoms with Gasteiger partial charge in [-0.1, -0.05) is 48.5 Å². The van der Waals surface area contributed by atoms with Crippen molar-refractivity contribution in [3.63, 3.8) is 0 Å². The molecule has 0 saturated carbocycles. The van der Waals surface area contributed by atoms with Crippen molar-refractivity contribution in [2.45, 2.75) is 13.0 Å². The number of H-pyrrole nitrogens is 1. The van der Waals surface area contributed by atoms with Gasteiger partial charge in [-0.2, -0.15) is 0 Å². The van der Waals surface area contributed by atoms with Crippen LogP contribution in [0.25, 0.3) is 10.9 Å². The molecule has 27 heavy (non-hydrogen) atoms. The number of aromatic amines is 1. The van der Waals surface area contributed by atoms with Crippen LogP contribution in [0.3, 0.4) is 0 Å². The molecule has 0 spiro atoms. The Balaban J connectivity index is 1.42. The van der Waals surface area contributed by atoms with Crippen LogP contribution in [0.2, 0.25) is 0 Å². The summed E-state index contributed by atoms with van der Waals surface area (Å²) in [5.41, 5.74) is 4.51. The SMILES string of the molecule is CC(Nc1ccc(NC(=O)c2cc3ccccc3[nH]2)cc1)c1ccccc1.